The number of benzene rings is 1. The van der Waals surface area contributed by atoms with Gasteiger partial charge in [0.1, 0.15) is 0 Å². The van der Waals surface area contributed by atoms with Crippen molar-refractivity contribution in [1.82, 2.24) is 0 Å². The molecule has 4 bridgehead atoms. The van der Waals surface area contributed by atoms with E-state index < -0.39 is 51.0 Å². The number of Topliss-reactive ketones (excluding diaryl/α,β-unsaturated/α-hetero) is 4. The van der Waals surface area contributed by atoms with E-state index in [0.29, 0.717) is 0 Å². The Kier molecular flexibility index (Phi) is 5.52. The summed E-state index contributed by atoms with van der Waals surface area (Å²) < 4.78 is 0. The van der Waals surface area contributed by atoms with Crippen LogP contribution in [0.2, 0.25) is 0 Å². The van der Waals surface area contributed by atoms with Gasteiger partial charge in [-0.3, -0.25) is 19.2 Å². The van der Waals surface area contributed by atoms with Crippen LogP contribution in [-0.2, 0) is 14.4 Å². The lowest BCUT2D eigenvalue weighted by atomic mass is 9.28. The maximum absolute atomic E-state index is 14.5. The average molecular weight is 463 g/mol. The summed E-state index contributed by atoms with van der Waals surface area (Å²) in [6, 6.07) is 8.21. The molecule has 1 aromatic carbocycles. The Labute approximate surface area is 201 Å². The maximum Gasteiger partial charge on any atom is 0.186 e. The zero-order valence-corrected chi connectivity index (χ0v) is 20.9. The number of aliphatic hydroxyl groups excluding tert-OH is 1. The molecule has 4 saturated carbocycles. The van der Waals surface area contributed by atoms with Crippen LogP contribution in [0.25, 0.3) is 0 Å². The van der Waals surface area contributed by atoms with E-state index in [2.05, 4.69) is 0 Å². The van der Waals surface area contributed by atoms with Crippen molar-refractivity contribution in [2.75, 3.05) is 0 Å². The van der Waals surface area contributed by atoms with Crippen LogP contribution in [-0.4, -0.2) is 34.3 Å². The fourth-order valence-corrected chi connectivity index (χ4v) is 6.84. The van der Waals surface area contributed by atoms with Crippen LogP contribution in [0.15, 0.2) is 53.6 Å². The van der Waals surface area contributed by atoms with Crippen molar-refractivity contribution in [3.8, 4) is 0 Å². The van der Waals surface area contributed by atoms with E-state index in [-0.39, 0.29) is 30.6 Å². The van der Waals surface area contributed by atoms with Crippen LogP contribution in [0.5, 0.6) is 0 Å². The number of carbonyl (C=O) groups is 4. The van der Waals surface area contributed by atoms with E-state index in [1.165, 1.54) is 0 Å². The number of ketones is 4. The second-order valence-electron chi connectivity index (χ2n) is 11.4. The largest absolute Gasteiger partial charge is 0.391 e. The van der Waals surface area contributed by atoms with Gasteiger partial charge < -0.3 is 5.11 Å². The van der Waals surface area contributed by atoms with Gasteiger partial charge in [0, 0.05) is 5.56 Å². The summed E-state index contributed by atoms with van der Waals surface area (Å²) in [7, 11) is 0. The minimum absolute atomic E-state index is 0.122. The van der Waals surface area contributed by atoms with Gasteiger partial charge in [-0.25, -0.2) is 0 Å². The van der Waals surface area contributed by atoms with Gasteiger partial charge in [0.15, 0.2) is 28.5 Å². The number of hydrogen-bond acceptors (Lipinski definition) is 5. The Morgan fingerprint density at radius 3 is 2.03 bits per heavy atom. The number of carbonyl (C=O) groups excluding carboxylic acids is 4. The molecule has 34 heavy (non-hydrogen) atoms. The predicted octanol–water partition coefficient (Wildman–Crippen LogP) is 4.68. The molecule has 0 spiro atoms. The highest BCUT2D eigenvalue weighted by Crippen LogP contribution is 2.73. The molecule has 0 amide bonds. The second-order valence-corrected chi connectivity index (χ2v) is 11.4. The van der Waals surface area contributed by atoms with Crippen molar-refractivity contribution in [3.05, 3.63) is 59.2 Å². The number of aliphatic hydroxyl groups is 1. The monoisotopic (exact) mass is 462 g/mol. The average Bonchev–Trinajstić information content (AvgIpc) is 2.78. The van der Waals surface area contributed by atoms with Gasteiger partial charge in [-0.15, -0.1) is 0 Å². The Bertz CT molecular complexity index is 1150. The van der Waals surface area contributed by atoms with Crippen molar-refractivity contribution in [1.29, 1.82) is 0 Å². The van der Waals surface area contributed by atoms with Gasteiger partial charge in [0.25, 0.3) is 0 Å². The highest BCUT2D eigenvalue weighted by Gasteiger charge is 2.86. The van der Waals surface area contributed by atoms with Crippen LogP contribution in [0.1, 0.15) is 71.2 Å². The molecule has 5 heteroatoms. The highest BCUT2D eigenvalue weighted by molar-refractivity contribution is 6.42. The topological polar surface area (TPSA) is 88.5 Å². The lowest BCUT2D eigenvalue weighted by Gasteiger charge is -2.70. The maximum atomic E-state index is 14.5. The standard InChI is InChI=1S/C29H34O5/c1-17(2)12-14-27-16-20-22(31)29(24(27)33,21(30)19-10-8-7-9-11-19)25(34)28(23(27)32,26(20,5)6)15-13-18(3)4/h7-13,20,22,31H,14-16H2,1-6H3/t20?,22-,27?,28?,29?/m1/s1. The van der Waals surface area contributed by atoms with Gasteiger partial charge in [0.05, 0.1) is 16.9 Å². The van der Waals surface area contributed by atoms with Gasteiger partial charge in [-0.2, -0.15) is 0 Å². The van der Waals surface area contributed by atoms with Crippen LogP contribution in [0.4, 0.5) is 0 Å². The third-order valence-corrected chi connectivity index (χ3v) is 8.85. The summed E-state index contributed by atoms with van der Waals surface area (Å²) in [6.45, 7) is 11.3. The number of rotatable bonds is 6. The summed E-state index contributed by atoms with van der Waals surface area (Å²) >= 11 is 0. The molecule has 5 nitrogen and oxygen atoms in total. The van der Waals surface area contributed by atoms with E-state index in [9.17, 15) is 24.3 Å². The Morgan fingerprint density at radius 2 is 1.47 bits per heavy atom. The highest BCUT2D eigenvalue weighted by atomic mass is 16.3. The van der Waals surface area contributed by atoms with Crippen LogP contribution in [0.3, 0.4) is 0 Å². The number of allylic oxidation sites excluding steroid dienone is 4. The molecule has 4 unspecified atom stereocenters. The smallest absolute Gasteiger partial charge is 0.186 e. The zero-order chi connectivity index (χ0) is 25.3. The van der Waals surface area contributed by atoms with Gasteiger partial charge in [-0.1, -0.05) is 67.5 Å². The fourth-order valence-electron chi connectivity index (χ4n) is 6.84. The molecule has 5 atom stereocenters. The minimum atomic E-state index is -2.27. The van der Waals surface area contributed by atoms with E-state index >= 15 is 0 Å². The molecule has 5 rings (SSSR count). The first-order chi connectivity index (χ1) is 15.8. The lowest BCUT2D eigenvalue weighted by molar-refractivity contribution is -0.223. The Morgan fingerprint density at radius 1 is 0.912 bits per heavy atom. The van der Waals surface area contributed by atoms with Crippen molar-refractivity contribution in [2.45, 2.75) is 66.9 Å². The van der Waals surface area contributed by atoms with Crippen molar-refractivity contribution < 1.29 is 24.3 Å². The SMILES string of the molecule is CC(C)=CCC12CC3[C@@H](O)C(C(=O)c4ccccc4)(C1=O)C(=O)C(CC=C(C)C)(C2=O)C3(C)C. The molecule has 180 valence electrons. The molecule has 4 aliphatic carbocycles. The molecule has 4 fully saturated rings. The summed E-state index contributed by atoms with van der Waals surface area (Å²) in [6.07, 6.45) is 2.65. The zero-order valence-electron chi connectivity index (χ0n) is 20.9. The molecule has 0 aromatic heterocycles. The summed E-state index contributed by atoms with van der Waals surface area (Å²) in [4.78, 5) is 57.3. The molecule has 0 aliphatic heterocycles. The Balaban J connectivity index is 2.07. The quantitative estimate of drug-likeness (QED) is 0.377. The first kappa shape index (κ1) is 24.5. The van der Waals surface area contributed by atoms with E-state index in [0.717, 1.165) is 11.1 Å². The summed E-state index contributed by atoms with van der Waals surface area (Å²) in [5.74, 6) is -3.05. The van der Waals surface area contributed by atoms with Crippen molar-refractivity contribution in [3.63, 3.8) is 0 Å². The van der Waals surface area contributed by atoms with Gasteiger partial charge in [0.2, 0.25) is 0 Å². The van der Waals surface area contributed by atoms with Crippen molar-refractivity contribution >= 4 is 23.1 Å². The Hall–Kier alpha value is -2.66. The first-order valence-electron chi connectivity index (χ1n) is 12.0. The molecule has 0 radical (unpaired) electrons. The summed E-state index contributed by atoms with van der Waals surface area (Å²) in [5.41, 5.74) is -4.14. The third kappa shape index (κ3) is 2.70. The predicted molar refractivity (Wildman–Crippen MR) is 129 cm³/mol. The minimum Gasteiger partial charge on any atom is -0.391 e. The van der Waals surface area contributed by atoms with E-state index in [1.54, 1.807) is 30.3 Å². The van der Waals surface area contributed by atoms with Crippen LogP contribution >= 0.6 is 0 Å². The normalized spacial score (nSPS) is 35.3. The molecule has 1 aromatic rings. The number of hydrogen-bond donors (Lipinski definition) is 1. The molecular weight excluding hydrogens is 428 g/mol. The molecule has 1 N–H and O–H groups in total. The van der Waals surface area contributed by atoms with Crippen molar-refractivity contribution in [2.24, 2.45) is 27.6 Å². The fraction of sp³-hybridized carbons (Fsp3) is 0.517. The lowest BCUT2D eigenvalue weighted by Crippen LogP contribution is -2.84. The van der Waals surface area contributed by atoms with Gasteiger partial charge in [-0.05, 0) is 58.3 Å². The first-order valence-corrected chi connectivity index (χ1v) is 12.0. The second kappa shape index (κ2) is 7.67. The molecular formula is C29H34O5. The third-order valence-electron chi connectivity index (χ3n) is 8.85. The summed E-state index contributed by atoms with van der Waals surface area (Å²) in [5, 5.41) is 11.7. The molecule has 0 saturated heterocycles. The van der Waals surface area contributed by atoms with Crippen LogP contribution < -0.4 is 0 Å². The molecule has 4 aliphatic rings. The van der Waals surface area contributed by atoms with Gasteiger partial charge >= 0.3 is 0 Å². The van der Waals surface area contributed by atoms with E-state index in [4.69, 9.17) is 0 Å². The molecule has 0 heterocycles. The van der Waals surface area contributed by atoms with Crippen LogP contribution in [0, 0.1) is 27.6 Å². The van der Waals surface area contributed by atoms with E-state index in [1.807, 2.05) is 53.7 Å².